The lowest BCUT2D eigenvalue weighted by atomic mass is 9.91. The van der Waals surface area contributed by atoms with Crippen molar-refractivity contribution >= 4 is 0 Å². The van der Waals surface area contributed by atoms with Crippen molar-refractivity contribution in [3.8, 4) is 0 Å². The summed E-state index contributed by atoms with van der Waals surface area (Å²) in [6.07, 6.45) is 5.79. The van der Waals surface area contributed by atoms with Gasteiger partial charge in [-0.2, -0.15) is 0 Å². The van der Waals surface area contributed by atoms with Gasteiger partial charge in [-0.3, -0.25) is 4.98 Å². The van der Waals surface area contributed by atoms with Crippen molar-refractivity contribution in [1.29, 1.82) is 0 Å². The second-order valence-corrected chi connectivity index (χ2v) is 3.85. The number of pyridine rings is 1. The molecule has 0 amide bonds. The van der Waals surface area contributed by atoms with E-state index in [0.29, 0.717) is 11.8 Å². The number of fused-ring (bicyclic) bond motifs is 5. The fourth-order valence-electron chi connectivity index (χ4n) is 2.70. The molecule has 2 aliphatic rings. The largest absolute Gasteiger partial charge is 0.392 e. The molecule has 3 rings (SSSR count). The molecule has 1 aromatic rings. The Morgan fingerprint density at radius 2 is 2.25 bits per heavy atom. The van der Waals surface area contributed by atoms with Crippen LogP contribution < -0.4 is 0 Å². The van der Waals surface area contributed by atoms with Crippen molar-refractivity contribution in [3.63, 3.8) is 0 Å². The number of hydrogen-bond donors (Lipinski definition) is 1. The van der Waals surface area contributed by atoms with Crippen LogP contribution >= 0.6 is 0 Å². The topological polar surface area (TPSA) is 33.1 Å². The molecule has 0 spiro atoms. The fourth-order valence-corrected chi connectivity index (χ4v) is 2.70. The van der Waals surface area contributed by atoms with Crippen LogP contribution in [0.5, 0.6) is 0 Å². The maximum atomic E-state index is 9.65. The number of aliphatic hydroxyl groups excluding tert-OH is 1. The number of rotatable bonds is 0. The van der Waals surface area contributed by atoms with Gasteiger partial charge in [0, 0.05) is 18.3 Å². The predicted molar refractivity (Wildman–Crippen MR) is 45.0 cm³/mol. The van der Waals surface area contributed by atoms with Crippen LogP contribution in [0.4, 0.5) is 0 Å². The molecule has 62 valence electrons. The lowest BCUT2D eigenvalue weighted by Crippen LogP contribution is -2.15. The summed E-state index contributed by atoms with van der Waals surface area (Å²) in [7, 11) is 0. The number of aromatic nitrogens is 1. The van der Waals surface area contributed by atoms with Crippen molar-refractivity contribution in [2.75, 3.05) is 0 Å². The first-order valence-corrected chi connectivity index (χ1v) is 4.48. The van der Waals surface area contributed by atoms with E-state index >= 15 is 0 Å². The van der Waals surface area contributed by atoms with Crippen molar-refractivity contribution in [2.45, 2.75) is 30.8 Å². The molecule has 12 heavy (non-hydrogen) atoms. The molecule has 0 radical (unpaired) electrons. The van der Waals surface area contributed by atoms with Crippen molar-refractivity contribution < 1.29 is 5.11 Å². The number of aliphatic hydroxyl groups is 1. The Morgan fingerprint density at radius 3 is 3.17 bits per heavy atom. The van der Waals surface area contributed by atoms with Gasteiger partial charge in [0.2, 0.25) is 0 Å². The zero-order valence-corrected chi connectivity index (χ0v) is 6.77. The van der Waals surface area contributed by atoms with Gasteiger partial charge >= 0.3 is 0 Å². The van der Waals surface area contributed by atoms with Crippen LogP contribution in [0.15, 0.2) is 18.5 Å². The third kappa shape index (κ3) is 0.661. The standard InChI is InChI=1S/C10H11NO/c12-10-4-6-3-8(10)7-1-2-11-5-9(6)7/h1-2,5-6,8,10,12H,3-4H2/t6-,8-,10?/m0/s1. The summed E-state index contributed by atoms with van der Waals surface area (Å²) in [6, 6.07) is 2.06. The Kier molecular flexibility index (Phi) is 1.14. The fraction of sp³-hybridized carbons (Fsp3) is 0.500. The molecule has 1 N–H and O–H groups in total. The average Bonchev–Trinajstić information content (AvgIpc) is 2.62. The van der Waals surface area contributed by atoms with E-state index in [9.17, 15) is 5.11 Å². The minimum Gasteiger partial charge on any atom is -0.392 e. The number of hydrogen-bond acceptors (Lipinski definition) is 2. The second kappa shape index (κ2) is 2.07. The second-order valence-electron chi connectivity index (χ2n) is 3.85. The normalized spacial score (nSPS) is 36.9. The predicted octanol–water partition coefficient (Wildman–Crippen LogP) is 1.42. The van der Waals surface area contributed by atoms with Gasteiger partial charge in [0.1, 0.15) is 0 Å². The third-order valence-electron chi connectivity index (χ3n) is 3.26. The monoisotopic (exact) mass is 161 g/mol. The Labute approximate surface area is 71.3 Å². The Morgan fingerprint density at radius 1 is 1.33 bits per heavy atom. The van der Waals surface area contributed by atoms with E-state index < -0.39 is 0 Å². The van der Waals surface area contributed by atoms with Crippen molar-refractivity contribution in [2.24, 2.45) is 0 Å². The molecule has 1 aromatic heterocycles. The molecule has 2 heteroatoms. The first kappa shape index (κ1) is 6.61. The zero-order chi connectivity index (χ0) is 8.13. The smallest absolute Gasteiger partial charge is 0.0614 e. The lowest BCUT2D eigenvalue weighted by Gasteiger charge is -2.18. The molecule has 1 unspecified atom stereocenters. The van der Waals surface area contributed by atoms with E-state index in [1.54, 1.807) is 0 Å². The Hall–Kier alpha value is -0.890. The van der Waals surface area contributed by atoms with E-state index in [4.69, 9.17) is 0 Å². The molecule has 0 aromatic carbocycles. The van der Waals surface area contributed by atoms with Gasteiger partial charge in [-0.1, -0.05) is 0 Å². The minimum absolute atomic E-state index is 0.0927. The Bertz CT molecular complexity index is 323. The van der Waals surface area contributed by atoms with E-state index in [1.165, 1.54) is 11.1 Å². The van der Waals surface area contributed by atoms with Crippen LogP contribution in [0.3, 0.4) is 0 Å². The lowest BCUT2D eigenvalue weighted by molar-refractivity contribution is 0.158. The summed E-state index contributed by atoms with van der Waals surface area (Å²) in [6.45, 7) is 0. The molecule has 2 aliphatic carbocycles. The third-order valence-corrected chi connectivity index (χ3v) is 3.26. The van der Waals surface area contributed by atoms with Crippen LogP contribution in [0.25, 0.3) is 0 Å². The van der Waals surface area contributed by atoms with E-state index in [-0.39, 0.29) is 6.10 Å². The van der Waals surface area contributed by atoms with Crippen molar-refractivity contribution in [1.82, 2.24) is 4.98 Å². The van der Waals surface area contributed by atoms with Gasteiger partial charge in [-0.25, -0.2) is 0 Å². The quantitative estimate of drug-likeness (QED) is 0.624. The SMILES string of the molecule is OC1C[C@@H]2C[C@H]1c1ccncc12. The molecule has 1 heterocycles. The highest BCUT2D eigenvalue weighted by Gasteiger charge is 2.42. The molecule has 2 nitrogen and oxygen atoms in total. The van der Waals surface area contributed by atoms with Crippen LogP contribution in [0.1, 0.15) is 35.8 Å². The molecule has 1 fully saturated rings. The highest BCUT2D eigenvalue weighted by Crippen LogP contribution is 2.52. The van der Waals surface area contributed by atoms with Gasteiger partial charge in [-0.15, -0.1) is 0 Å². The summed E-state index contributed by atoms with van der Waals surface area (Å²) >= 11 is 0. The first-order valence-electron chi connectivity index (χ1n) is 4.48. The van der Waals surface area contributed by atoms with E-state index in [0.717, 1.165) is 12.8 Å². The van der Waals surface area contributed by atoms with Crippen LogP contribution in [0, 0.1) is 0 Å². The maximum Gasteiger partial charge on any atom is 0.0614 e. The van der Waals surface area contributed by atoms with Gasteiger partial charge in [0.25, 0.3) is 0 Å². The van der Waals surface area contributed by atoms with Crippen molar-refractivity contribution in [3.05, 3.63) is 29.6 Å². The summed E-state index contributed by atoms with van der Waals surface area (Å²) in [4.78, 5) is 4.12. The summed E-state index contributed by atoms with van der Waals surface area (Å²) < 4.78 is 0. The highest BCUT2D eigenvalue weighted by molar-refractivity contribution is 5.40. The van der Waals surface area contributed by atoms with Gasteiger partial charge < -0.3 is 5.11 Å². The zero-order valence-electron chi connectivity index (χ0n) is 6.77. The maximum absolute atomic E-state index is 9.65. The molecule has 0 aliphatic heterocycles. The molecule has 1 saturated carbocycles. The summed E-state index contributed by atoms with van der Waals surface area (Å²) in [5.74, 6) is 1.00. The molecular formula is C10H11NO. The molecule has 0 saturated heterocycles. The van der Waals surface area contributed by atoms with Gasteiger partial charge in [0.05, 0.1) is 6.10 Å². The van der Waals surface area contributed by atoms with E-state index in [1.807, 2.05) is 12.4 Å². The average molecular weight is 161 g/mol. The van der Waals surface area contributed by atoms with Crippen LogP contribution in [-0.4, -0.2) is 16.2 Å². The minimum atomic E-state index is -0.0927. The first-order chi connectivity index (χ1) is 5.86. The molecule has 2 bridgehead atoms. The van der Waals surface area contributed by atoms with Crippen LogP contribution in [-0.2, 0) is 0 Å². The summed E-state index contributed by atoms with van der Waals surface area (Å²) in [5.41, 5.74) is 2.72. The van der Waals surface area contributed by atoms with E-state index in [2.05, 4.69) is 11.1 Å². The van der Waals surface area contributed by atoms with Gasteiger partial charge in [-0.05, 0) is 36.0 Å². The molecule has 3 atom stereocenters. The van der Waals surface area contributed by atoms with Crippen LogP contribution in [0.2, 0.25) is 0 Å². The molecular weight excluding hydrogens is 150 g/mol. The number of nitrogens with zero attached hydrogens (tertiary/aromatic N) is 1. The highest BCUT2D eigenvalue weighted by atomic mass is 16.3. The summed E-state index contributed by atoms with van der Waals surface area (Å²) in [5, 5.41) is 9.65. The van der Waals surface area contributed by atoms with Gasteiger partial charge in [0.15, 0.2) is 0 Å². The Balaban J connectivity index is 2.17.